The van der Waals surface area contributed by atoms with Gasteiger partial charge in [-0.3, -0.25) is 9.59 Å². The molecule has 2 aliphatic rings. The van der Waals surface area contributed by atoms with Crippen molar-refractivity contribution in [3.05, 3.63) is 0 Å². The quantitative estimate of drug-likeness (QED) is 0.660. The summed E-state index contributed by atoms with van der Waals surface area (Å²) in [5, 5.41) is 1.90. The van der Waals surface area contributed by atoms with Gasteiger partial charge < -0.3 is 10.2 Å². The molecule has 2 aliphatic heterocycles. The predicted molar refractivity (Wildman–Crippen MR) is 51.5 cm³/mol. The first-order valence-corrected chi connectivity index (χ1v) is 4.40. The van der Waals surface area contributed by atoms with E-state index in [1.54, 1.807) is 0 Å². The number of hydrogen-bond acceptors (Lipinski definition) is 2. The molecular formula is C10H16N2O2. The lowest BCUT2D eigenvalue weighted by atomic mass is 9.99. The average molecular weight is 204 g/mol. The van der Waals surface area contributed by atoms with E-state index in [1.807, 2.05) is 5.32 Å². The number of carbonyl (C=O) groups is 2. The van der Waals surface area contributed by atoms with Crippen molar-refractivity contribution in [3.8, 4) is 0 Å². The molecule has 0 radical (unpaired) electrons. The van der Waals surface area contributed by atoms with Gasteiger partial charge in [0.25, 0.3) is 0 Å². The van der Waals surface area contributed by atoms with Crippen LogP contribution in [0.1, 0.15) is 37.5 Å². The first-order chi connectivity index (χ1) is 9.77. The van der Waals surface area contributed by atoms with Crippen LogP contribution in [0.2, 0.25) is 0 Å². The van der Waals surface area contributed by atoms with E-state index in [4.69, 9.17) is 11.0 Å². The molecule has 2 rings (SSSR count). The van der Waals surface area contributed by atoms with Crippen LogP contribution in [-0.2, 0) is 9.59 Å². The molecule has 14 heavy (non-hydrogen) atoms. The lowest BCUT2D eigenvalue weighted by molar-refractivity contribution is -0.148. The molecule has 0 saturated carbocycles. The van der Waals surface area contributed by atoms with Gasteiger partial charge in [-0.2, -0.15) is 0 Å². The summed E-state index contributed by atoms with van der Waals surface area (Å²) in [4.78, 5) is 25.6. The molecule has 2 amide bonds. The van der Waals surface area contributed by atoms with E-state index in [9.17, 15) is 9.59 Å². The van der Waals surface area contributed by atoms with Crippen molar-refractivity contribution in [3.63, 3.8) is 0 Å². The maximum Gasteiger partial charge on any atom is 0.246 e. The Balaban J connectivity index is 2.60. The van der Waals surface area contributed by atoms with Crippen LogP contribution >= 0.6 is 0 Å². The highest BCUT2D eigenvalue weighted by Gasteiger charge is 2.43. The monoisotopic (exact) mass is 204 g/mol. The third-order valence-corrected chi connectivity index (χ3v) is 2.53. The van der Waals surface area contributed by atoms with Gasteiger partial charge in [-0.15, -0.1) is 0 Å². The standard InChI is InChI=1S/C10H16N2O2/c1-6(2)8-10(14)12-5-3-4-7(12)9(13)11-8/h6-8H,3-5H2,1-2H3,(H,11,13)/t7-,8+/m0/s1/i1D3,2D3,6D,8D. The number of nitrogens with zero attached hydrogens (tertiary/aromatic N) is 1. The second-order valence-corrected chi connectivity index (χ2v) is 3.40. The number of carbonyl (C=O) groups excluding carboxylic acids is 2. The Bertz CT molecular complexity index is 502. The maximum absolute atomic E-state index is 12.5. The summed E-state index contributed by atoms with van der Waals surface area (Å²) in [5.74, 6) is -5.43. The highest BCUT2D eigenvalue weighted by Crippen LogP contribution is 2.23. The lowest BCUT2D eigenvalue weighted by Crippen LogP contribution is -2.62. The topological polar surface area (TPSA) is 49.4 Å². The SMILES string of the molecule is [2H]C([2H])([2H])C([2H])(C([2H])([2H])[2H])[C@@]1([2H])NC(=O)[C@@H]2CCCN2C1=O. The summed E-state index contributed by atoms with van der Waals surface area (Å²) < 4.78 is 60.5. The normalized spacial score (nSPS) is 48.3. The van der Waals surface area contributed by atoms with E-state index in [-0.39, 0.29) is 6.54 Å². The minimum absolute atomic E-state index is 0.135. The van der Waals surface area contributed by atoms with Gasteiger partial charge in [0.2, 0.25) is 11.8 Å². The van der Waals surface area contributed by atoms with Gasteiger partial charge in [-0.25, -0.2) is 0 Å². The van der Waals surface area contributed by atoms with E-state index >= 15 is 0 Å². The van der Waals surface area contributed by atoms with Gasteiger partial charge in [0.1, 0.15) is 12.1 Å². The molecule has 2 saturated heterocycles. The van der Waals surface area contributed by atoms with Crippen molar-refractivity contribution < 1.29 is 20.6 Å². The second kappa shape index (κ2) is 3.26. The van der Waals surface area contributed by atoms with Crippen LogP contribution < -0.4 is 5.32 Å². The molecule has 0 aromatic carbocycles. The molecule has 0 bridgehead atoms. The fraction of sp³-hybridized carbons (Fsp3) is 0.800. The molecule has 2 heterocycles. The smallest absolute Gasteiger partial charge is 0.246 e. The van der Waals surface area contributed by atoms with Gasteiger partial charge in [-0.05, 0) is 18.7 Å². The Labute approximate surface area is 94.9 Å². The van der Waals surface area contributed by atoms with Gasteiger partial charge in [0.05, 0.1) is 1.37 Å². The Morgan fingerprint density at radius 2 is 2.50 bits per heavy atom. The van der Waals surface area contributed by atoms with Crippen molar-refractivity contribution in [1.29, 1.82) is 0 Å². The summed E-state index contributed by atoms with van der Waals surface area (Å²) in [5.41, 5.74) is 0. The average Bonchev–Trinajstić information content (AvgIpc) is 2.81. The largest absolute Gasteiger partial charge is 0.342 e. The molecule has 0 unspecified atom stereocenters. The van der Waals surface area contributed by atoms with E-state index in [0.29, 0.717) is 12.8 Å². The van der Waals surface area contributed by atoms with Gasteiger partial charge in [0.15, 0.2) is 0 Å². The van der Waals surface area contributed by atoms with Crippen molar-refractivity contribution >= 4 is 11.8 Å². The predicted octanol–water partition coefficient (Wildman–Crippen LogP) is 0.132. The summed E-state index contributed by atoms with van der Waals surface area (Å²) in [6.45, 7) is -6.82. The molecule has 0 spiro atoms. The Morgan fingerprint density at radius 1 is 1.71 bits per heavy atom. The molecule has 0 aromatic rings. The maximum atomic E-state index is 12.5. The number of amides is 2. The summed E-state index contributed by atoms with van der Waals surface area (Å²) in [7, 11) is 0. The van der Waals surface area contributed by atoms with E-state index in [0.717, 1.165) is 4.90 Å². The summed E-state index contributed by atoms with van der Waals surface area (Å²) >= 11 is 0. The molecule has 2 fully saturated rings. The zero-order valence-electron chi connectivity index (χ0n) is 15.5. The zero-order valence-corrected chi connectivity index (χ0v) is 7.46. The van der Waals surface area contributed by atoms with E-state index in [1.165, 1.54) is 0 Å². The molecule has 78 valence electrons. The van der Waals surface area contributed by atoms with E-state index < -0.39 is 43.5 Å². The Morgan fingerprint density at radius 3 is 3.21 bits per heavy atom. The summed E-state index contributed by atoms with van der Waals surface area (Å²) in [6.07, 6.45) is 0.854. The van der Waals surface area contributed by atoms with Crippen molar-refractivity contribution in [1.82, 2.24) is 10.2 Å². The Hall–Kier alpha value is -1.06. The Kier molecular flexibility index (Phi) is 0.892. The van der Waals surface area contributed by atoms with Gasteiger partial charge in [0, 0.05) is 16.1 Å². The molecule has 0 aliphatic carbocycles. The fourth-order valence-corrected chi connectivity index (χ4v) is 1.86. The third-order valence-electron chi connectivity index (χ3n) is 2.53. The number of piperazine rings is 1. The number of hydrogen-bond donors (Lipinski definition) is 1. The second-order valence-electron chi connectivity index (χ2n) is 3.40. The van der Waals surface area contributed by atoms with Crippen molar-refractivity contribution in [2.24, 2.45) is 5.89 Å². The highest BCUT2D eigenvalue weighted by molar-refractivity contribution is 5.97. The molecule has 0 aromatic heterocycles. The van der Waals surface area contributed by atoms with Gasteiger partial charge >= 0.3 is 0 Å². The molecule has 4 heteroatoms. The van der Waals surface area contributed by atoms with Crippen LogP contribution in [-0.4, -0.2) is 35.3 Å². The minimum Gasteiger partial charge on any atom is -0.342 e. The highest BCUT2D eigenvalue weighted by atomic mass is 16.2. The van der Waals surface area contributed by atoms with Crippen LogP contribution in [0.3, 0.4) is 0 Å². The molecule has 1 N–H and O–H groups in total. The first-order valence-electron chi connectivity index (χ1n) is 8.40. The van der Waals surface area contributed by atoms with Crippen LogP contribution in [0.4, 0.5) is 0 Å². The number of fused-ring (bicyclic) bond motifs is 1. The van der Waals surface area contributed by atoms with Crippen LogP contribution in [0, 0.1) is 5.89 Å². The van der Waals surface area contributed by atoms with Crippen molar-refractivity contribution in [2.45, 2.75) is 38.6 Å². The number of rotatable bonds is 1. The molecule has 2 atom stereocenters. The van der Waals surface area contributed by atoms with Crippen LogP contribution in [0.5, 0.6) is 0 Å². The lowest BCUT2D eigenvalue weighted by Gasteiger charge is -2.36. The summed E-state index contributed by atoms with van der Waals surface area (Å²) in [6, 6.07) is -3.93. The molecule has 4 nitrogen and oxygen atoms in total. The molecular weight excluding hydrogens is 180 g/mol. The third kappa shape index (κ3) is 1.29. The number of nitrogens with one attached hydrogen (secondary N) is 1. The van der Waals surface area contributed by atoms with E-state index in [2.05, 4.69) is 0 Å². The zero-order chi connectivity index (χ0) is 17.1. The van der Waals surface area contributed by atoms with Crippen molar-refractivity contribution in [2.75, 3.05) is 6.54 Å². The van der Waals surface area contributed by atoms with Crippen LogP contribution in [0.25, 0.3) is 0 Å². The van der Waals surface area contributed by atoms with Crippen LogP contribution in [0.15, 0.2) is 0 Å². The first kappa shape index (κ1) is 3.83. The minimum atomic E-state index is -3.48. The fourth-order valence-electron chi connectivity index (χ4n) is 1.86. The van der Waals surface area contributed by atoms with Gasteiger partial charge in [-0.1, -0.05) is 13.7 Å².